The van der Waals surface area contributed by atoms with Gasteiger partial charge in [0.15, 0.2) is 0 Å². The molecule has 0 atom stereocenters. The van der Waals surface area contributed by atoms with Crippen LogP contribution in [0, 0.1) is 0 Å². The lowest BCUT2D eigenvalue weighted by Gasteiger charge is -2.02. The zero-order valence-corrected chi connectivity index (χ0v) is 9.27. The molecule has 2 rings (SSSR count). The largest absolute Gasteiger partial charge is 0.285 e. The van der Waals surface area contributed by atoms with Crippen molar-refractivity contribution in [3.05, 3.63) is 24.4 Å². The maximum Gasteiger partial charge on any atom is 0.211 e. The molecule has 0 spiro atoms. The quantitative estimate of drug-likeness (QED) is 0.603. The van der Waals surface area contributed by atoms with Gasteiger partial charge >= 0.3 is 0 Å². The molecule has 0 unspecified atom stereocenters. The van der Waals surface area contributed by atoms with Crippen LogP contribution in [0.4, 0.5) is 0 Å². The predicted molar refractivity (Wildman–Crippen MR) is 56.0 cm³/mol. The van der Waals surface area contributed by atoms with Gasteiger partial charge in [-0.3, -0.25) is 4.79 Å². The van der Waals surface area contributed by atoms with Crippen LogP contribution in [0.1, 0.15) is 12.8 Å². The molecule has 4 heteroatoms. The number of thioether (sulfide) groups is 1. The zero-order valence-electron chi connectivity index (χ0n) is 6.87. The average Bonchev–Trinajstić information content (AvgIpc) is 2.87. The first-order valence-electron chi connectivity index (χ1n) is 4.03. The molecule has 1 aromatic heterocycles. The van der Waals surface area contributed by atoms with Crippen molar-refractivity contribution in [3.63, 3.8) is 0 Å². The van der Waals surface area contributed by atoms with Crippen molar-refractivity contribution >= 4 is 32.8 Å². The summed E-state index contributed by atoms with van der Waals surface area (Å²) >= 11 is 4.63. The standard InChI is InChI=1S/C9H8BrNOS/c10-9(4-5-9)8(12)13-7-3-1-2-6-11-7/h1-3,6H,4-5H2. The Morgan fingerprint density at radius 3 is 2.85 bits per heavy atom. The number of alkyl halides is 1. The van der Waals surface area contributed by atoms with E-state index in [9.17, 15) is 4.79 Å². The average molecular weight is 258 g/mol. The van der Waals surface area contributed by atoms with Crippen molar-refractivity contribution in [3.8, 4) is 0 Å². The van der Waals surface area contributed by atoms with Gasteiger partial charge in [0.05, 0.1) is 4.32 Å². The first kappa shape index (κ1) is 9.21. The molecule has 0 radical (unpaired) electrons. The first-order chi connectivity index (χ1) is 6.21. The molecule has 1 aliphatic carbocycles. The third-order valence-electron chi connectivity index (χ3n) is 1.89. The first-order valence-corrected chi connectivity index (χ1v) is 5.64. The van der Waals surface area contributed by atoms with Crippen LogP contribution in [-0.4, -0.2) is 14.4 Å². The fourth-order valence-electron chi connectivity index (χ4n) is 0.908. The van der Waals surface area contributed by atoms with Crippen molar-refractivity contribution in [1.82, 2.24) is 4.98 Å². The summed E-state index contributed by atoms with van der Waals surface area (Å²) in [7, 11) is 0. The molecule has 1 aromatic rings. The Kier molecular flexibility index (Phi) is 2.43. The summed E-state index contributed by atoms with van der Waals surface area (Å²) in [5, 5.41) is 0.949. The van der Waals surface area contributed by atoms with Gasteiger partial charge in [0.2, 0.25) is 5.12 Å². The second-order valence-electron chi connectivity index (χ2n) is 3.02. The van der Waals surface area contributed by atoms with E-state index in [1.807, 2.05) is 18.2 Å². The maximum atomic E-state index is 11.6. The smallest absolute Gasteiger partial charge is 0.211 e. The summed E-state index contributed by atoms with van der Waals surface area (Å²) < 4.78 is -0.241. The number of carbonyl (C=O) groups excluding carboxylic acids is 1. The van der Waals surface area contributed by atoms with Gasteiger partial charge in [0.1, 0.15) is 5.03 Å². The van der Waals surface area contributed by atoms with Crippen molar-refractivity contribution < 1.29 is 4.79 Å². The number of carbonyl (C=O) groups is 1. The lowest BCUT2D eigenvalue weighted by atomic mass is 10.5. The fourth-order valence-corrected chi connectivity index (χ4v) is 2.19. The topological polar surface area (TPSA) is 30.0 Å². The van der Waals surface area contributed by atoms with E-state index in [1.54, 1.807) is 6.20 Å². The van der Waals surface area contributed by atoms with Crippen molar-refractivity contribution in [2.75, 3.05) is 0 Å². The number of aromatic nitrogens is 1. The van der Waals surface area contributed by atoms with E-state index < -0.39 is 0 Å². The van der Waals surface area contributed by atoms with Gasteiger partial charge in [0.25, 0.3) is 0 Å². The lowest BCUT2D eigenvalue weighted by molar-refractivity contribution is -0.111. The normalized spacial score (nSPS) is 18.2. The van der Waals surface area contributed by atoms with Gasteiger partial charge in [-0.2, -0.15) is 0 Å². The number of hydrogen-bond acceptors (Lipinski definition) is 3. The van der Waals surface area contributed by atoms with Gasteiger partial charge in [-0.15, -0.1) is 0 Å². The second kappa shape index (κ2) is 3.42. The SMILES string of the molecule is O=C(Sc1ccccn1)C1(Br)CC1. The highest BCUT2D eigenvalue weighted by Crippen LogP contribution is 2.48. The molecular formula is C9H8BrNOS. The monoisotopic (exact) mass is 257 g/mol. The number of hydrogen-bond donors (Lipinski definition) is 0. The van der Waals surface area contributed by atoms with Gasteiger partial charge in [-0.25, -0.2) is 4.98 Å². The minimum atomic E-state index is -0.241. The lowest BCUT2D eigenvalue weighted by Crippen LogP contribution is -2.09. The van der Waals surface area contributed by atoms with Crippen LogP contribution in [0.25, 0.3) is 0 Å². The fraction of sp³-hybridized carbons (Fsp3) is 0.333. The van der Waals surface area contributed by atoms with Crippen LogP contribution < -0.4 is 0 Å². The molecular weight excluding hydrogens is 250 g/mol. The number of rotatable bonds is 2. The van der Waals surface area contributed by atoms with E-state index >= 15 is 0 Å². The molecule has 0 bridgehead atoms. The van der Waals surface area contributed by atoms with Gasteiger partial charge in [0, 0.05) is 6.20 Å². The molecule has 1 fully saturated rings. The van der Waals surface area contributed by atoms with Gasteiger partial charge in [-0.1, -0.05) is 22.0 Å². The Hall–Kier alpha value is -0.350. The Labute approximate surface area is 89.3 Å². The van der Waals surface area contributed by atoms with Crippen molar-refractivity contribution in [2.45, 2.75) is 22.2 Å². The van der Waals surface area contributed by atoms with E-state index in [1.165, 1.54) is 11.8 Å². The zero-order chi connectivity index (χ0) is 9.31. The molecule has 0 N–H and O–H groups in total. The molecule has 13 heavy (non-hydrogen) atoms. The third-order valence-corrected chi connectivity index (χ3v) is 4.33. The Bertz CT molecular complexity index is 324. The molecule has 1 saturated carbocycles. The number of pyridine rings is 1. The molecule has 2 nitrogen and oxygen atoms in total. The minimum Gasteiger partial charge on any atom is -0.285 e. The molecule has 0 saturated heterocycles. The van der Waals surface area contributed by atoms with Crippen LogP contribution >= 0.6 is 27.7 Å². The second-order valence-corrected chi connectivity index (χ2v) is 5.53. The Morgan fingerprint density at radius 1 is 1.54 bits per heavy atom. The summed E-state index contributed by atoms with van der Waals surface area (Å²) in [5.74, 6) is 0. The number of nitrogens with zero attached hydrogens (tertiary/aromatic N) is 1. The predicted octanol–water partition coefficient (Wildman–Crippen LogP) is 2.63. The van der Waals surface area contributed by atoms with Gasteiger partial charge in [-0.05, 0) is 36.7 Å². The highest BCUT2D eigenvalue weighted by Gasteiger charge is 2.47. The van der Waals surface area contributed by atoms with E-state index in [0.717, 1.165) is 17.9 Å². The van der Waals surface area contributed by atoms with Crippen LogP contribution in [0.2, 0.25) is 0 Å². The van der Waals surface area contributed by atoms with Crippen LogP contribution in [0.3, 0.4) is 0 Å². The van der Waals surface area contributed by atoms with E-state index in [4.69, 9.17) is 0 Å². The van der Waals surface area contributed by atoms with Gasteiger partial charge < -0.3 is 0 Å². The molecule has 1 aliphatic rings. The summed E-state index contributed by atoms with van der Waals surface area (Å²) in [4.78, 5) is 15.7. The molecule has 0 amide bonds. The molecule has 1 heterocycles. The number of halogens is 1. The summed E-state index contributed by atoms with van der Waals surface area (Å²) in [6, 6.07) is 5.58. The molecule has 0 aliphatic heterocycles. The van der Waals surface area contributed by atoms with Crippen molar-refractivity contribution in [2.24, 2.45) is 0 Å². The van der Waals surface area contributed by atoms with E-state index in [2.05, 4.69) is 20.9 Å². The van der Waals surface area contributed by atoms with Crippen molar-refractivity contribution in [1.29, 1.82) is 0 Å². The van der Waals surface area contributed by atoms with E-state index in [-0.39, 0.29) is 9.44 Å². The molecule has 0 aromatic carbocycles. The van der Waals surface area contributed by atoms with E-state index in [0.29, 0.717) is 0 Å². The highest BCUT2D eigenvalue weighted by molar-refractivity contribution is 9.10. The third kappa shape index (κ3) is 2.11. The van der Waals surface area contributed by atoms with Crippen LogP contribution in [0.5, 0.6) is 0 Å². The van der Waals surface area contributed by atoms with Crippen LogP contribution in [0.15, 0.2) is 29.4 Å². The minimum absolute atomic E-state index is 0.172. The Balaban J connectivity index is 2.03. The maximum absolute atomic E-state index is 11.6. The molecule has 68 valence electrons. The highest BCUT2D eigenvalue weighted by atomic mass is 79.9. The van der Waals surface area contributed by atoms with Crippen LogP contribution in [-0.2, 0) is 4.79 Å². The summed E-state index contributed by atoms with van der Waals surface area (Å²) in [6.45, 7) is 0. The summed E-state index contributed by atoms with van der Waals surface area (Å²) in [6.07, 6.45) is 3.60. The Morgan fingerprint density at radius 2 is 2.31 bits per heavy atom. The summed E-state index contributed by atoms with van der Waals surface area (Å²) in [5.41, 5.74) is 0.